The Balaban J connectivity index is 1.82. The highest BCUT2D eigenvalue weighted by atomic mass is 79.9. The van der Waals surface area contributed by atoms with Crippen molar-refractivity contribution in [3.63, 3.8) is 0 Å². The zero-order chi connectivity index (χ0) is 18.1. The maximum atomic E-state index is 13.1. The van der Waals surface area contributed by atoms with Crippen LogP contribution >= 0.6 is 15.9 Å². The van der Waals surface area contributed by atoms with Gasteiger partial charge >= 0.3 is 0 Å². The minimum Gasteiger partial charge on any atom is -0.465 e. The van der Waals surface area contributed by atoms with E-state index in [2.05, 4.69) is 15.9 Å². The number of carbonyl (C=O) groups excluding carboxylic acids is 2. The van der Waals surface area contributed by atoms with Crippen LogP contribution < -0.4 is 4.74 Å². The maximum Gasteiger partial charge on any atom is 0.267 e. The minimum absolute atomic E-state index is 0.367. The average Bonchev–Trinajstić information content (AvgIpc) is 2.69. The summed E-state index contributed by atoms with van der Waals surface area (Å²) in [5.74, 6) is -0.283. The molecule has 1 aliphatic heterocycles. The molecule has 5 heteroatoms. The van der Waals surface area contributed by atoms with E-state index in [1.165, 1.54) is 4.90 Å². The van der Waals surface area contributed by atoms with Crippen molar-refractivity contribution >= 4 is 27.7 Å². The number of fused-ring (bicyclic) bond motifs is 1. The van der Waals surface area contributed by atoms with E-state index >= 15 is 0 Å². The van der Waals surface area contributed by atoms with Crippen molar-refractivity contribution in [3.05, 3.63) is 100 Å². The second-order valence-corrected chi connectivity index (χ2v) is 6.78. The monoisotopic (exact) mass is 407 g/mol. The molecule has 3 aromatic rings. The first kappa shape index (κ1) is 16.5. The summed E-state index contributed by atoms with van der Waals surface area (Å²) in [5.41, 5.74) is 1.54. The zero-order valence-corrected chi connectivity index (χ0v) is 15.2. The Hall–Kier alpha value is -2.92. The molecule has 26 heavy (non-hydrogen) atoms. The number of hydrogen-bond acceptors (Lipinski definition) is 3. The number of carbonyl (C=O) groups is 2. The fourth-order valence-corrected chi connectivity index (χ4v) is 3.18. The lowest BCUT2D eigenvalue weighted by atomic mass is 10.1. The van der Waals surface area contributed by atoms with Crippen LogP contribution in [0.1, 0.15) is 32.5 Å². The van der Waals surface area contributed by atoms with Gasteiger partial charge in [-0.25, -0.2) is 4.90 Å². The van der Waals surface area contributed by atoms with Gasteiger partial charge in [0, 0.05) is 15.6 Å². The van der Waals surface area contributed by atoms with E-state index in [9.17, 15) is 9.59 Å². The summed E-state index contributed by atoms with van der Waals surface area (Å²) in [6.45, 7) is 0. The van der Waals surface area contributed by atoms with E-state index < -0.39 is 12.1 Å². The topological polar surface area (TPSA) is 46.6 Å². The Kier molecular flexibility index (Phi) is 4.31. The van der Waals surface area contributed by atoms with Gasteiger partial charge < -0.3 is 4.74 Å². The second kappa shape index (κ2) is 6.77. The molecule has 1 aliphatic rings. The molecule has 0 unspecified atom stereocenters. The molecule has 0 saturated carbocycles. The van der Waals surface area contributed by atoms with E-state index in [-0.39, 0.29) is 5.91 Å². The largest absolute Gasteiger partial charge is 0.465 e. The van der Waals surface area contributed by atoms with Crippen LogP contribution in [0.15, 0.2) is 83.3 Å². The Labute approximate surface area is 159 Å². The molecule has 0 N–H and O–H groups in total. The molecule has 0 saturated heterocycles. The molecule has 4 rings (SSSR count). The van der Waals surface area contributed by atoms with Crippen molar-refractivity contribution < 1.29 is 14.3 Å². The first-order valence-electron chi connectivity index (χ1n) is 8.09. The summed E-state index contributed by atoms with van der Waals surface area (Å²) in [4.78, 5) is 27.4. The lowest BCUT2D eigenvalue weighted by molar-refractivity contribution is 0.0107. The lowest BCUT2D eigenvalue weighted by Gasteiger charge is -2.35. The molecule has 0 spiro atoms. The molecule has 0 aliphatic carbocycles. The number of benzene rings is 3. The molecular formula is C21H14BrNO3. The Bertz CT molecular complexity index is 970. The van der Waals surface area contributed by atoms with Crippen LogP contribution in [-0.2, 0) is 0 Å². The summed E-state index contributed by atoms with van der Waals surface area (Å²) in [7, 11) is 0. The Morgan fingerprint density at radius 1 is 0.885 bits per heavy atom. The SMILES string of the molecule is O=C(c1ccccc1)N1C(=O)c2ccccc2O[C@H]1c1ccc(Br)cc1. The van der Waals surface area contributed by atoms with Crippen LogP contribution in [0.3, 0.4) is 0 Å². The molecule has 0 bridgehead atoms. The average molecular weight is 408 g/mol. The molecule has 0 radical (unpaired) electrons. The molecule has 128 valence electrons. The van der Waals surface area contributed by atoms with E-state index in [1.54, 1.807) is 48.5 Å². The molecule has 0 aromatic heterocycles. The summed E-state index contributed by atoms with van der Waals surface area (Å²) >= 11 is 3.40. The number of ether oxygens (including phenoxy) is 1. The number of amides is 2. The molecule has 2 amide bonds. The molecule has 0 fully saturated rings. The number of imide groups is 1. The standard InChI is InChI=1S/C21H14BrNO3/c22-16-12-10-15(11-13-16)21-23(19(24)14-6-2-1-3-7-14)20(25)17-8-4-5-9-18(17)26-21/h1-13,21H/t21-/m0/s1. The molecule has 1 atom stereocenters. The van der Waals surface area contributed by atoms with Gasteiger partial charge in [0.2, 0.25) is 6.23 Å². The van der Waals surface area contributed by atoms with Gasteiger partial charge in [0.1, 0.15) is 5.75 Å². The third-order valence-electron chi connectivity index (χ3n) is 4.20. The highest BCUT2D eigenvalue weighted by Crippen LogP contribution is 2.36. The van der Waals surface area contributed by atoms with Crippen LogP contribution in [0.25, 0.3) is 0 Å². The third-order valence-corrected chi connectivity index (χ3v) is 4.73. The van der Waals surface area contributed by atoms with Gasteiger partial charge in [0.05, 0.1) is 5.56 Å². The van der Waals surface area contributed by atoms with Gasteiger partial charge in [-0.15, -0.1) is 0 Å². The van der Waals surface area contributed by atoms with Crippen molar-refractivity contribution in [3.8, 4) is 5.75 Å². The van der Waals surface area contributed by atoms with Crippen LogP contribution in [-0.4, -0.2) is 16.7 Å². The fraction of sp³-hybridized carbons (Fsp3) is 0.0476. The third kappa shape index (κ3) is 2.91. The normalized spacial score (nSPS) is 16.0. The van der Waals surface area contributed by atoms with Crippen molar-refractivity contribution in [2.45, 2.75) is 6.23 Å². The van der Waals surface area contributed by atoms with Crippen molar-refractivity contribution in [1.29, 1.82) is 0 Å². The molecule has 4 nitrogen and oxygen atoms in total. The smallest absolute Gasteiger partial charge is 0.267 e. The summed E-state index contributed by atoms with van der Waals surface area (Å²) < 4.78 is 6.96. The summed E-state index contributed by atoms with van der Waals surface area (Å²) in [6, 6.07) is 23.1. The highest BCUT2D eigenvalue weighted by Gasteiger charge is 2.39. The molecular weight excluding hydrogens is 394 g/mol. The van der Waals surface area contributed by atoms with Gasteiger partial charge in [0.25, 0.3) is 11.8 Å². The summed E-state index contributed by atoms with van der Waals surface area (Å²) in [6.07, 6.45) is -0.821. The van der Waals surface area contributed by atoms with Crippen LogP contribution in [0.5, 0.6) is 5.75 Å². The predicted octanol–water partition coefficient (Wildman–Crippen LogP) is 4.82. The van der Waals surface area contributed by atoms with E-state index in [1.807, 2.05) is 30.3 Å². The zero-order valence-electron chi connectivity index (χ0n) is 13.6. The fourth-order valence-electron chi connectivity index (χ4n) is 2.92. The van der Waals surface area contributed by atoms with E-state index in [0.29, 0.717) is 16.9 Å². The van der Waals surface area contributed by atoms with Crippen LogP contribution in [0.4, 0.5) is 0 Å². The van der Waals surface area contributed by atoms with Crippen LogP contribution in [0.2, 0.25) is 0 Å². The maximum absolute atomic E-state index is 13.1. The first-order chi connectivity index (χ1) is 12.6. The number of halogens is 1. The lowest BCUT2D eigenvalue weighted by Crippen LogP contribution is -2.45. The Morgan fingerprint density at radius 3 is 2.27 bits per heavy atom. The second-order valence-electron chi connectivity index (χ2n) is 5.86. The quantitative estimate of drug-likeness (QED) is 0.571. The number of nitrogens with zero attached hydrogens (tertiary/aromatic N) is 1. The minimum atomic E-state index is -0.821. The summed E-state index contributed by atoms with van der Waals surface area (Å²) in [5, 5.41) is 0. The van der Waals surface area contributed by atoms with E-state index in [4.69, 9.17) is 4.74 Å². The van der Waals surface area contributed by atoms with Gasteiger partial charge in [0.15, 0.2) is 0 Å². The van der Waals surface area contributed by atoms with E-state index in [0.717, 1.165) is 10.0 Å². The van der Waals surface area contributed by atoms with Gasteiger partial charge in [-0.1, -0.05) is 58.4 Å². The van der Waals surface area contributed by atoms with Crippen molar-refractivity contribution in [2.75, 3.05) is 0 Å². The molecule has 3 aromatic carbocycles. The van der Waals surface area contributed by atoms with Crippen molar-refractivity contribution in [1.82, 2.24) is 4.90 Å². The van der Waals surface area contributed by atoms with Crippen molar-refractivity contribution in [2.24, 2.45) is 0 Å². The van der Waals surface area contributed by atoms with Gasteiger partial charge in [-0.2, -0.15) is 0 Å². The predicted molar refractivity (Wildman–Crippen MR) is 101 cm³/mol. The number of rotatable bonds is 2. The van der Waals surface area contributed by atoms with Gasteiger partial charge in [-0.3, -0.25) is 9.59 Å². The number of hydrogen-bond donors (Lipinski definition) is 0. The van der Waals surface area contributed by atoms with Gasteiger partial charge in [-0.05, 0) is 36.4 Å². The first-order valence-corrected chi connectivity index (χ1v) is 8.88. The molecule has 1 heterocycles. The number of para-hydroxylation sites is 1. The highest BCUT2D eigenvalue weighted by molar-refractivity contribution is 9.10. The van der Waals surface area contributed by atoms with Crippen LogP contribution in [0, 0.1) is 0 Å². The Morgan fingerprint density at radius 2 is 1.54 bits per heavy atom.